The Bertz CT molecular complexity index is 86.9. The lowest BCUT2D eigenvalue weighted by Gasteiger charge is -1.91. The molecule has 0 aliphatic heterocycles. The van der Waals surface area contributed by atoms with Gasteiger partial charge >= 0.3 is 0 Å². The van der Waals surface area contributed by atoms with Crippen LogP contribution in [0.1, 0.15) is 0 Å². The van der Waals surface area contributed by atoms with Crippen LogP contribution in [0.4, 0.5) is 0 Å². The molecular formula is C3H6N2O2. The molecule has 0 fully saturated rings. The molecule has 0 radical (unpaired) electrons. The predicted octanol–water partition coefficient (Wildman–Crippen LogP) is -0.950. The minimum absolute atomic E-state index is 0.452. The Kier molecular flexibility index (Phi) is 3.14. The molecule has 1 atom stereocenters. The molecule has 4 heteroatoms. The summed E-state index contributed by atoms with van der Waals surface area (Å²) in [7, 11) is 0. The minimum atomic E-state index is -1.17. The third-order valence-corrected chi connectivity index (χ3v) is 0.377. The first-order chi connectivity index (χ1) is 3.31. The van der Waals surface area contributed by atoms with E-state index in [1.165, 1.54) is 0 Å². The number of rotatable bonds is 2. The zero-order valence-corrected chi connectivity index (χ0v) is 3.63. The van der Waals surface area contributed by atoms with Gasteiger partial charge in [0, 0.05) is 0 Å². The maximum atomic E-state index is 8.26. The first-order valence-corrected chi connectivity index (χ1v) is 1.71. The standard InChI is InChI=1S/C3H6N2O2/c4-2-5-3(7)1-6/h3-4,6-7H,1H2. The largest absolute Gasteiger partial charge is 0.392 e. The molecule has 0 bridgehead atoms. The average Bonchev–Trinajstić information content (AvgIpc) is 1.68. The first-order valence-electron chi connectivity index (χ1n) is 1.71. The quantitative estimate of drug-likeness (QED) is 0.393. The van der Waals surface area contributed by atoms with Gasteiger partial charge in [0.25, 0.3) is 0 Å². The van der Waals surface area contributed by atoms with Gasteiger partial charge in [-0.1, -0.05) is 0 Å². The van der Waals surface area contributed by atoms with Crippen LogP contribution in [0.5, 0.6) is 0 Å². The molecule has 4 nitrogen and oxygen atoms in total. The van der Waals surface area contributed by atoms with Gasteiger partial charge in [-0.2, -0.15) is 4.99 Å². The summed E-state index contributed by atoms with van der Waals surface area (Å²) in [5, 5.41) is 22.4. The summed E-state index contributed by atoms with van der Waals surface area (Å²) in [5.74, 6) is 0. The van der Waals surface area contributed by atoms with Gasteiger partial charge in [0.1, 0.15) is 0 Å². The van der Waals surface area contributed by atoms with Crippen molar-refractivity contribution in [3.63, 3.8) is 0 Å². The van der Waals surface area contributed by atoms with Crippen LogP contribution < -0.4 is 0 Å². The Labute approximate surface area is 40.6 Å². The lowest BCUT2D eigenvalue weighted by molar-refractivity contribution is 0.103. The van der Waals surface area contributed by atoms with Gasteiger partial charge in [0.05, 0.1) is 12.6 Å². The van der Waals surface area contributed by atoms with Crippen LogP contribution in [0.15, 0.2) is 4.99 Å². The van der Waals surface area contributed by atoms with Crippen LogP contribution in [0.25, 0.3) is 0 Å². The smallest absolute Gasteiger partial charge is 0.178 e. The number of nitrogens with zero attached hydrogens (tertiary/aromatic N) is 1. The second-order valence-corrected chi connectivity index (χ2v) is 0.904. The molecule has 0 heterocycles. The number of nitrogens with one attached hydrogen (secondary N) is 1. The molecule has 1 unspecified atom stereocenters. The first kappa shape index (κ1) is 6.30. The number of hydrogen-bond acceptors (Lipinski definition) is 4. The molecule has 0 saturated carbocycles. The monoisotopic (exact) mass is 102 g/mol. The molecule has 0 amide bonds. The number of aliphatic hydroxyl groups excluding tert-OH is 2. The Morgan fingerprint density at radius 3 is 2.57 bits per heavy atom. The fourth-order valence-electron chi connectivity index (χ4n) is 0.115. The molecule has 0 aromatic heterocycles. The molecule has 40 valence electrons. The number of hydrogen-bond donors (Lipinski definition) is 3. The number of aliphatic hydroxyl groups is 2. The molecule has 0 aliphatic carbocycles. The highest BCUT2D eigenvalue weighted by Crippen LogP contribution is 1.75. The van der Waals surface area contributed by atoms with Crippen LogP contribution in [0.3, 0.4) is 0 Å². The van der Waals surface area contributed by atoms with Gasteiger partial charge < -0.3 is 10.2 Å². The van der Waals surface area contributed by atoms with Crippen molar-refractivity contribution < 1.29 is 10.2 Å². The molecule has 0 saturated heterocycles. The van der Waals surface area contributed by atoms with Crippen molar-refractivity contribution >= 4 is 6.01 Å². The molecule has 0 spiro atoms. The summed E-state index contributed by atoms with van der Waals surface area (Å²) < 4.78 is 0. The Hall–Kier alpha value is -0.700. The number of aliphatic imine (C=N–C) groups is 1. The van der Waals surface area contributed by atoms with Crippen molar-refractivity contribution in [3.8, 4) is 0 Å². The zero-order valence-electron chi connectivity index (χ0n) is 3.63. The van der Waals surface area contributed by atoms with Crippen LogP contribution in [-0.4, -0.2) is 29.1 Å². The lowest BCUT2D eigenvalue weighted by atomic mass is 10.6. The van der Waals surface area contributed by atoms with Gasteiger partial charge in [-0.15, -0.1) is 0 Å². The molecule has 3 N–H and O–H groups in total. The van der Waals surface area contributed by atoms with E-state index >= 15 is 0 Å². The zero-order chi connectivity index (χ0) is 5.70. The van der Waals surface area contributed by atoms with Crippen molar-refractivity contribution in [1.82, 2.24) is 0 Å². The second-order valence-electron chi connectivity index (χ2n) is 0.904. The van der Waals surface area contributed by atoms with E-state index in [0.717, 1.165) is 0 Å². The van der Waals surface area contributed by atoms with Crippen LogP contribution in [-0.2, 0) is 0 Å². The molecule has 0 rings (SSSR count). The maximum Gasteiger partial charge on any atom is 0.178 e. The van der Waals surface area contributed by atoms with Crippen LogP contribution in [0.2, 0.25) is 0 Å². The van der Waals surface area contributed by atoms with E-state index in [2.05, 4.69) is 4.99 Å². The summed E-state index contributed by atoms with van der Waals surface area (Å²) in [6.07, 6.45) is -1.17. The molecule has 0 aromatic rings. The summed E-state index contributed by atoms with van der Waals surface area (Å²) >= 11 is 0. The molecule has 0 aliphatic rings. The Balaban J connectivity index is 3.35. The predicted molar refractivity (Wildman–Crippen MR) is 23.2 cm³/mol. The SMILES string of the molecule is N=C=NC(O)CO. The van der Waals surface area contributed by atoms with Gasteiger partial charge in [0.15, 0.2) is 6.23 Å². The average molecular weight is 102 g/mol. The van der Waals surface area contributed by atoms with Crippen LogP contribution in [0, 0.1) is 5.41 Å². The van der Waals surface area contributed by atoms with Crippen molar-refractivity contribution in [1.29, 1.82) is 5.41 Å². The highest BCUT2D eigenvalue weighted by atomic mass is 16.3. The van der Waals surface area contributed by atoms with E-state index < -0.39 is 12.8 Å². The second kappa shape index (κ2) is 3.49. The van der Waals surface area contributed by atoms with Crippen molar-refractivity contribution in [3.05, 3.63) is 0 Å². The highest BCUT2D eigenvalue weighted by Gasteiger charge is 1.91. The van der Waals surface area contributed by atoms with Crippen molar-refractivity contribution in [2.45, 2.75) is 6.23 Å². The lowest BCUT2D eigenvalue weighted by Crippen LogP contribution is -2.06. The maximum absolute atomic E-state index is 8.26. The Morgan fingerprint density at radius 1 is 1.86 bits per heavy atom. The van der Waals surface area contributed by atoms with Gasteiger partial charge in [-0.05, 0) is 0 Å². The molecular weight excluding hydrogens is 96.0 g/mol. The van der Waals surface area contributed by atoms with Gasteiger partial charge in [-0.3, -0.25) is 0 Å². The summed E-state index contributed by atoms with van der Waals surface area (Å²) in [5.41, 5.74) is 0. The van der Waals surface area contributed by atoms with Crippen LogP contribution >= 0.6 is 0 Å². The molecule has 0 aromatic carbocycles. The van der Waals surface area contributed by atoms with E-state index in [1.54, 1.807) is 6.01 Å². The summed E-state index contributed by atoms with van der Waals surface area (Å²) in [4.78, 5) is 2.97. The summed E-state index contributed by atoms with van der Waals surface area (Å²) in [6.45, 7) is -0.452. The Morgan fingerprint density at radius 2 is 2.43 bits per heavy atom. The van der Waals surface area contributed by atoms with E-state index in [0.29, 0.717) is 0 Å². The van der Waals surface area contributed by atoms with E-state index in [4.69, 9.17) is 15.6 Å². The third kappa shape index (κ3) is 3.12. The van der Waals surface area contributed by atoms with Crippen molar-refractivity contribution in [2.75, 3.05) is 6.61 Å². The highest BCUT2D eigenvalue weighted by molar-refractivity contribution is 5.35. The fourth-order valence-corrected chi connectivity index (χ4v) is 0.115. The molecule has 7 heavy (non-hydrogen) atoms. The van der Waals surface area contributed by atoms with E-state index in [1.807, 2.05) is 0 Å². The van der Waals surface area contributed by atoms with Gasteiger partial charge in [-0.25, -0.2) is 5.41 Å². The fraction of sp³-hybridized carbons (Fsp3) is 0.667. The van der Waals surface area contributed by atoms with Gasteiger partial charge in [0.2, 0.25) is 0 Å². The van der Waals surface area contributed by atoms with E-state index in [-0.39, 0.29) is 0 Å². The third-order valence-electron chi connectivity index (χ3n) is 0.377. The normalized spacial score (nSPS) is 12.3. The minimum Gasteiger partial charge on any atom is -0.392 e. The summed E-state index contributed by atoms with van der Waals surface area (Å²) in [6, 6.07) is 1.58. The topological polar surface area (TPSA) is 76.7 Å². The van der Waals surface area contributed by atoms with Crippen molar-refractivity contribution in [2.24, 2.45) is 4.99 Å². The van der Waals surface area contributed by atoms with E-state index in [9.17, 15) is 0 Å².